The van der Waals surface area contributed by atoms with Crippen LogP contribution >= 0.6 is 0 Å². The molecule has 0 aromatic carbocycles. The van der Waals surface area contributed by atoms with Gasteiger partial charge in [0.1, 0.15) is 24.0 Å². The van der Waals surface area contributed by atoms with E-state index in [0.29, 0.717) is 0 Å². The summed E-state index contributed by atoms with van der Waals surface area (Å²) in [5.74, 6) is 1.10. The summed E-state index contributed by atoms with van der Waals surface area (Å²) in [6.45, 7) is 2.33. The zero-order valence-corrected chi connectivity index (χ0v) is 12.2. The lowest BCUT2D eigenvalue weighted by Gasteiger charge is -2.24. The maximum atomic E-state index is 8.96. The fraction of sp³-hybridized carbons (Fsp3) is 0.571. The van der Waals surface area contributed by atoms with E-state index in [2.05, 4.69) is 22.2 Å². The largest absolute Gasteiger partial charge is 0.396 e. The molecular formula is C14H22N4O2. The molecule has 0 bridgehead atoms. The van der Waals surface area contributed by atoms with Crippen LogP contribution in [0.3, 0.4) is 0 Å². The summed E-state index contributed by atoms with van der Waals surface area (Å²) in [4.78, 5) is 8.57. The number of aliphatic hydroxyl groups excluding tert-OH is 1. The molecule has 0 aliphatic carbocycles. The quantitative estimate of drug-likeness (QED) is 0.810. The average molecular weight is 278 g/mol. The van der Waals surface area contributed by atoms with Gasteiger partial charge in [-0.2, -0.15) is 0 Å². The van der Waals surface area contributed by atoms with Gasteiger partial charge in [0.2, 0.25) is 0 Å². The molecule has 20 heavy (non-hydrogen) atoms. The van der Waals surface area contributed by atoms with Crippen LogP contribution in [0.2, 0.25) is 0 Å². The number of rotatable bonds is 7. The topological polar surface area (TPSA) is 72.2 Å². The first-order valence-corrected chi connectivity index (χ1v) is 6.85. The van der Waals surface area contributed by atoms with Crippen molar-refractivity contribution in [1.82, 2.24) is 14.5 Å². The van der Waals surface area contributed by atoms with E-state index in [1.165, 1.54) is 0 Å². The van der Waals surface area contributed by atoms with E-state index in [9.17, 15) is 0 Å². The van der Waals surface area contributed by atoms with E-state index < -0.39 is 0 Å². The molecule has 0 radical (unpaired) electrons. The maximum Gasteiger partial charge on any atom is 0.147 e. The van der Waals surface area contributed by atoms with Gasteiger partial charge in [-0.05, 0) is 18.9 Å². The molecule has 110 valence electrons. The highest BCUT2D eigenvalue weighted by atomic mass is 16.5. The van der Waals surface area contributed by atoms with Crippen molar-refractivity contribution in [2.24, 2.45) is 5.92 Å². The molecule has 2 rings (SSSR count). The van der Waals surface area contributed by atoms with Gasteiger partial charge in [-0.25, -0.2) is 9.97 Å². The molecule has 0 saturated carbocycles. The van der Waals surface area contributed by atoms with E-state index in [0.717, 1.165) is 29.7 Å². The van der Waals surface area contributed by atoms with E-state index in [1.807, 2.05) is 23.9 Å². The fourth-order valence-electron chi connectivity index (χ4n) is 2.55. The minimum absolute atomic E-state index is 0.0985. The smallest absolute Gasteiger partial charge is 0.147 e. The summed E-state index contributed by atoms with van der Waals surface area (Å²) in [5, 5.41) is 13.0. The molecule has 6 nitrogen and oxygen atoms in total. The van der Waals surface area contributed by atoms with Crippen LogP contribution in [-0.2, 0) is 4.74 Å². The van der Waals surface area contributed by atoms with Crippen molar-refractivity contribution in [2.75, 3.05) is 26.1 Å². The fourth-order valence-corrected chi connectivity index (χ4v) is 2.55. The van der Waals surface area contributed by atoms with Crippen LogP contribution in [0.15, 0.2) is 18.6 Å². The minimum Gasteiger partial charge on any atom is -0.396 e. The lowest BCUT2D eigenvalue weighted by atomic mass is 10.0. The Kier molecular flexibility index (Phi) is 4.92. The predicted octanol–water partition coefficient (Wildman–Crippen LogP) is 2.03. The van der Waals surface area contributed by atoms with Gasteiger partial charge >= 0.3 is 0 Å². The van der Waals surface area contributed by atoms with Crippen molar-refractivity contribution in [3.05, 3.63) is 18.6 Å². The van der Waals surface area contributed by atoms with Gasteiger partial charge in [0, 0.05) is 32.9 Å². The zero-order chi connectivity index (χ0) is 14.5. The lowest BCUT2D eigenvalue weighted by molar-refractivity contribution is -0.00118. The number of ether oxygens (including phenoxy) is 1. The minimum atomic E-state index is -0.0985. The molecule has 0 saturated heterocycles. The number of hydrogen-bond donors (Lipinski definition) is 2. The number of anilines is 1. The molecule has 0 unspecified atom stereocenters. The Bertz CT molecular complexity index is 555. The van der Waals surface area contributed by atoms with Crippen molar-refractivity contribution in [1.29, 1.82) is 0 Å². The highest BCUT2D eigenvalue weighted by Gasteiger charge is 2.21. The van der Waals surface area contributed by atoms with Gasteiger partial charge in [-0.1, -0.05) is 6.92 Å². The number of nitrogens with one attached hydrogen (secondary N) is 1. The van der Waals surface area contributed by atoms with E-state index >= 15 is 0 Å². The van der Waals surface area contributed by atoms with Crippen LogP contribution in [0.1, 0.15) is 26.0 Å². The summed E-state index contributed by atoms with van der Waals surface area (Å²) >= 11 is 0. The van der Waals surface area contributed by atoms with Crippen molar-refractivity contribution in [3.8, 4) is 0 Å². The van der Waals surface area contributed by atoms with Crippen molar-refractivity contribution in [3.63, 3.8) is 0 Å². The first-order valence-electron chi connectivity index (χ1n) is 6.85. The molecule has 2 aromatic heterocycles. The number of methoxy groups -OCH3 is 1. The van der Waals surface area contributed by atoms with Gasteiger partial charge in [0.25, 0.3) is 0 Å². The van der Waals surface area contributed by atoms with Crippen LogP contribution in [0.4, 0.5) is 5.82 Å². The molecule has 2 N–H and O–H groups in total. The Hall–Kier alpha value is -1.66. The molecule has 2 heterocycles. The van der Waals surface area contributed by atoms with Crippen LogP contribution in [0, 0.1) is 5.92 Å². The SMILES string of the molecule is CNc1ncnc2c1ccn2[C@H](OC)[C@@H](C)CCCO. The maximum absolute atomic E-state index is 8.96. The van der Waals surface area contributed by atoms with Crippen molar-refractivity contribution < 1.29 is 9.84 Å². The molecular weight excluding hydrogens is 256 g/mol. The van der Waals surface area contributed by atoms with Gasteiger partial charge in [0.05, 0.1) is 5.39 Å². The van der Waals surface area contributed by atoms with Crippen LogP contribution < -0.4 is 5.32 Å². The van der Waals surface area contributed by atoms with Gasteiger partial charge in [-0.3, -0.25) is 0 Å². The first-order chi connectivity index (χ1) is 9.72. The summed E-state index contributed by atoms with van der Waals surface area (Å²) in [7, 11) is 3.54. The second-order valence-corrected chi connectivity index (χ2v) is 4.90. The normalized spacial score (nSPS) is 14.4. The lowest BCUT2D eigenvalue weighted by Crippen LogP contribution is -2.19. The Morgan fingerprint density at radius 2 is 2.25 bits per heavy atom. The molecule has 0 aliphatic heterocycles. The third kappa shape index (κ3) is 2.76. The summed E-state index contributed by atoms with van der Waals surface area (Å²) < 4.78 is 7.66. The van der Waals surface area contributed by atoms with Crippen LogP contribution in [0.25, 0.3) is 11.0 Å². The molecule has 0 spiro atoms. The van der Waals surface area contributed by atoms with E-state index in [4.69, 9.17) is 9.84 Å². The monoisotopic (exact) mass is 278 g/mol. The molecule has 0 fully saturated rings. The Morgan fingerprint density at radius 1 is 1.45 bits per heavy atom. The second-order valence-electron chi connectivity index (χ2n) is 4.90. The highest BCUT2D eigenvalue weighted by molar-refractivity contribution is 5.87. The number of fused-ring (bicyclic) bond motifs is 1. The summed E-state index contributed by atoms with van der Waals surface area (Å²) in [5.41, 5.74) is 0.854. The second kappa shape index (κ2) is 6.67. The van der Waals surface area contributed by atoms with E-state index in [1.54, 1.807) is 13.4 Å². The molecule has 0 amide bonds. The van der Waals surface area contributed by atoms with Gasteiger partial charge in [0.15, 0.2) is 0 Å². The third-order valence-electron chi connectivity index (χ3n) is 3.57. The summed E-state index contributed by atoms with van der Waals surface area (Å²) in [6, 6.07) is 1.99. The average Bonchev–Trinajstić information content (AvgIpc) is 2.90. The predicted molar refractivity (Wildman–Crippen MR) is 78.6 cm³/mol. The highest BCUT2D eigenvalue weighted by Crippen LogP contribution is 2.29. The Morgan fingerprint density at radius 3 is 2.90 bits per heavy atom. The molecule has 2 aromatic rings. The zero-order valence-electron chi connectivity index (χ0n) is 12.2. The van der Waals surface area contributed by atoms with E-state index in [-0.39, 0.29) is 18.8 Å². The Labute approximate surface area is 118 Å². The molecule has 2 atom stereocenters. The van der Waals surface area contributed by atoms with Gasteiger partial charge < -0.3 is 19.7 Å². The number of aliphatic hydroxyl groups is 1. The van der Waals surface area contributed by atoms with Crippen molar-refractivity contribution >= 4 is 16.9 Å². The Balaban J connectivity index is 2.35. The van der Waals surface area contributed by atoms with Gasteiger partial charge in [-0.15, -0.1) is 0 Å². The standard InChI is InChI=1S/C14H22N4O2/c1-10(5-4-8-19)14(20-3)18-7-6-11-12(15-2)16-9-17-13(11)18/h6-7,9-10,14,19H,4-5,8H2,1-3H3,(H,15,16,17)/t10-,14+/m0/s1. The molecule has 6 heteroatoms. The van der Waals surface area contributed by atoms with Crippen molar-refractivity contribution in [2.45, 2.75) is 26.0 Å². The molecule has 0 aliphatic rings. The first kappa shape index (κ1) is 14.7. The third-order valence-corrected chi connectivity index (χ3v) is 3.57. The number of aromatic nitrogens is 3. The van der Waals surface area contributed by atoms with Crippen LogP contribution in [0.5, 0.6) is 0 Å². The number of nitrogens with zero attached hydrogens (tertiary/aromatic N) is 3. The van der Waals surface area contributed by atoms with Crippen LogP contribution in [-0.4, -0.2) is 40.4 Å². The number of hydrogen-bond acceptors (Lipinski definition) is 5. The summed E-state index contributed by atoms with van der Waals surface area (Å²) in [6.07, 6.45) is 5.11.